The molecule has 26 heavy (non-hydrogen) atoms. The van der Waals surface area contributed by atoms with Gasteiger partial charge < -0.3 is 9.47 Å². The van der Waals surface area contributed by atoms with E-state index >= 15 is 0 Å². The second kappa shape index (κ2) is 8.37. The molecule has 0 saturated carbocycles. The molecule has 2 rings (SSSR count). The van der Waals surface area contributed by atoms with Gasteiger partial charge in [-0.2, -0.15) is 0 Å². The van der Waals surface area contributed by atoms with Crippen molar-refractivity contribution < 1.29 is 27.1 Å². The summed E-state index contributed by atoms with van der Waals surface area (Å²) in [6, 6.07) is 9.06. The average Bonchev–Trinajstić information content (AvgIpc) is 2.60. The number of carbonyl (C=O) groups is 1. The first-order valence-electron chi connectivity index (χ1n) is 7.57. The summed E-state index contributed by atoms with van der Waals surface area (Å²) < 4.78 is 50.7. The fourth-order valence-electron chi connectivity index (χ4n) is 2.21. The Morgan fingerprint density at radius 3 is 2.50 bits per heavy atom. The smallest absolute Gasteiger partial charge is 0.326 e. The molecule has 0 spiro atoms. The lowest BCUT2D eigenvalue weighted by molar-refractivity contribution is -0.141. The first-order chi connectivity index (χ1) is 12.3. The molecule has 140 valence electrons. The maximum atomic E-state index is 14.2. The van der Waals surface area contributed by atoms with Crippen molar-refractivity contribution in [2.75, 3.05) is 24.6 Å². The van der Waals surface area contributed by atoms with E-state index in [0.29, 0.717) is 4.31 Å². The molecule has 2 aromatic carbocycles. The Bertz CT molecular complexity index is 904. The summed E-state index contributed by atoms with van der Waals surface area (Å²) >= 11 is 6.00. The molecule has 0 saturated heterocycles. The highest BCUT2D eigenvalue weighted by atomic mass is 35.5. The van der Waals surface area contributed by atoms with Gasteiger partial charge in [0.25, 0.3) is 10.0 Å². The predicted octanol–water partition coefficient (Wildman–Crippen LogP) is 3.25. The van der Waals surface area contributed by atoms with Crippen molar-refractivity contribution in [3.05, 3.63) is 53.3 Å². The number of methoxy groups -OCH3 is 1. The van der Waals surface area contributed by atoms with Gasteiger partial charge in [0.15, 0.2) is 0 Å². The van der Waals surface area contributed by atoms with Crippen molar-refractivity contribution in [3.8, 4) is 5.75 Å². The number of anilines is 1. The van der Waals surface area contributed by atoms with Crippen molar-refractivity contribution in [2.45, 2.75) is 11.8 Å². The summed E-state index contributed by atoms with van der Waals surface area (Å²) in [6.07, 6.45) is 0. The second-order valence-corrected chi connectivity index (χ2v) is 7.33. The minimum absolute atomic E-state index is 0.0678. The van der Waals surface area contributed by atoms with Crippen LogP contribution in [0.5, 0.6) is 5.75 Å². The van der Waals surface area contributed by atoms with Crippen LogP contribution in [-0.2, 0) is 19.6 Å². The van der Waals surface area contributed by atoms with E-state index in [9.17, 15) is 17.6 Å². The van der Waals surface area contributed by atoms with Crippen LogP contribution in [-0.4, -0.2) is 34.6 Å². The van der Waals surface area contributed by atoms with Crippen molar-refractivity contribution in [1.82, 2.24) is 0 Å². The van der Waals surface area contributed by atoms with Gasteiger partial charge in [-0.3, -0.25) is 9.10 Å². The number of hydrogen-bond donors (Lipinski definition) is 0. The van der Waals surface area contributed by atoms with Gasteiger partial charge in [-0.25, -0.2) is 12.8 Å². The van der Waals surface area contributed by atoms with Crippen LogP contribution in [0.2, 0.25) is 5.02 Å². The highest BCUT2D eigenvalue weighted by Crippen LogP contribution is 2.31. The number of halogens is 2. The minimum atomic E-state index is -4.28. The van der Waals surface area contributed by atoms with Crippen molar-refractivity contribution in [2.24, 2.45) is 0 Å². The van der Waals surface area contributed by atoms with Crippen LogP contribution in [0.25, 0.3) is 0 Å². The molecule has 0 radical (unpaired) electrons. The summed E-state index contributed by atoms with van der Waals surface area (Å²) in [5, 5.41) is 0.0678. The molecule has 9 heteroatoms. The van der Waals surface area contributed by atoms with E-state index in [1.165, 1.54) is 43.5 Å². The van der Waals surface area contributed by atoms with E-state index in [1.54, 1.807) is 6.92 Å². The Morgan fingerprint density at radius 1 is 1.23 bits per heavy atom. The lowest BCUT2D eigenvalue weighted by Gasteiger charge is -2.24. The van der Waals surface area contributed by atoms with Gasteiger partial charge in [0.2, 0.25) is 0 Å². The molecule has 2 aromatic rings. The lowest BCUT2D eigenvalue weighted by Crippen LogP contribution is -2.37. The summed E-state index contributed by atoms with van der Waals surface area (Å²) in [4.78, 5) is 11.7. The lowest BCUT2D eigenvalue weighted by atomic mass is 10.3. The molecule has 0 aliphatic rings. The standard InChI is InChI=1S/C17H17ClFNO5S/c1-3-25-17(21)11-20(15-7-5-4-6-14(15)19)26(22,23)12-8-9-16(24-2)13(18)10-12/h4-10H,3,11H2,1-2H3. The zero-order chi connectivity index (χ0) is 19.3. The van der Waals surface area contributed by atoms with Gasteiger partial charge in [0, 0.05) is 0 Å². The summed E-state index contributed by atoms with van der Waals surface area (Å²) in [6.45, 7) is 0.974. The number of benzene rings is 2. The first kappa shape index (κ1) is 20.0. The number of nitrogens with zero attached hydrogens (tertiary/aromatic N) is 1. The molecular formula is C17H17ClFNO5S. The molecule has 0 heterocycles. The molecule has 0 aromatic heterocycles. The van der Waals surface area contributed by atoms with Gasteiger partial charge in [0.05, 0.1) is 29.3 Å². The Hall–Kier alpha value is -2.32. The molecule has 0 amide bonds. The van der Waals surface area contributed by atoms with Crippen LogP contribution in [0.4, 0.5) is 10.1 Å². The SMILES string of the molecule is CCOC(=O)CN(c1ccccc1F)S(=O)(=O)c1ccc(OC)c(Cl)c1. The number of carbonyl (C=O) groups excluding carboxylic acids is 1. The average molecular weight is 402 g/mol. The molecule has 0 fully saturated rings. The van der Waals surface area contributed by atoms with Crippen LogP contribution in [0.15, 0.2) is 47.4 Å². The highest BCUT2D eigenvalue weighted by molar-refractivity contribution is 7.92. The third kappa shape index (κ3) is 4.25. The van der Waals surface area contributed by atoms with E-state index in [2.05, 4.69) is 0 Å². The maximum absolute atomic E-state index is 14.2. The Labute approximate surface area is 156 Å². The number of ether oxygens (including phenoxy) is 2. The Balaban J connectivity index is 2.54. The topological polar surface area (TPSA) is 72.9 Å². The molecule has 0 N–H and O–H groups in total. The zero-order valence-corrected chi connectivity index (χ0v) is 15.7. The van der Waals surface area contributed by atoms with E-state index in [4.69, 9.17) is 21.1 Å². The van der Waals surface area contributed by atoms with Gasteiger partial charge >= 0.3 is 5.97 Å². The monoisotopic (exact) mass is 401 g/mol. The number of hydrogen-bond acceptors (Lipinski definition) is 5. The van der Waals surface area contributed by atoms with Gasteiger partial charge in [0.1, 0.15) is 18.1 Å². The van der Waals surface area contributed by atoms with E-state index in [0.717, 1.165) is 6.07 Å². The fourth-order valence-corrected chi connectivity index (χ4v) is 3.98. The van der Waals surface area contributed by atoms with Crippen LogP contribution in [0.1, 0.15) is 6.92 Å². The van der Waals surface area contributed by atoms with Gasteiger partial charge in [-0.1, -0.05) is 23.7 Å². The van der Waals surface area contributed by atoms with Gasteiger partial charge in [-0.15, -0.1) is 0 Å². The quantitative estimate of drug-likeness (QED) is 0.666. The summed E-state index contributed by atoms with van der Waals surface area (Å²) in [5.74, 6) is -1.31. The minimum Gasteiger partial charge on any atom is -0.495 e. The molecular weight excluding hydrogens is 385 g/mol. The van der Waals surface area contributed by atoms with Crippen LogP contribution in [0, 0.1) is 5.82 Å². The highest BCUT2D eigenvalue weighted by Gasteiger charge is 2.30. The van der Waals surface area contributed by atoms with Crippen molar-refractivity contribution in [1.29, 1.82) is 0 Å². The molecule has 0 unspecified atom stereocenters. The van der Waals surface area contributed by atoms with E-state index in [-0.39, 0.29) is 28.0 Å². The Kier molecular flexibility index (Phi) is 6.44. The van der Waals surface area contributed by atoms with Crippen LogP contribution in [0.3, 0.4) is 0 Å². The van der Waals surface area contributed by atoms with Crippen molar-refractivity contribution in [3.63, 3.8) is 0 Å². The largest absolute Gasteiger partial charge is 0.495 e. The van der Waals surface area contributed by atoms with Crippen LogP contribution < -0.4 is 9.04 Å². The molecule has 6 nitrogen and oxygen atoms in total. The molecule has 0 aliphatic carbocycles. The first-order valence-corrected chi connectivity index (χ1v) is 9.39. The van der Waals surface area contributed by atoms with Gasteiger partial charge in [-0.05, 0) is 37.3 Å². The third-order valence-electron chi connectivity index (χ3n) is 3.41. The molecule has 0 bridgehead atoms. The van der Waals surface area contributed by atoms with E-state index in [1.807, 2.05) is 0 Å². The second-order valence-electron chi connectivity index (χ2n) is 5.06. The van der Waals surface area contributed by atoms with Crippen LogP contribution >= 0.6 is 11.6 Å². The third-order valence-corrected chi connectivity index (χ3v) is 5.46. The van der Waals surface area contributed by atoms with E-state index < -0.39 is 28.4 Å². The molecule has 0 atom stereocenters. The maximum Gasteiger partial charge on any atom is 0.326 e. The zero-order valence-electron chi connectivity index (χ0n) is 14.1. The normalized spacial score (nSPS) is 11.1. The summed E-state index contributed by atoms with van der Waals surface area (Å²) in [7, 11) is -2.89. The van der Waals surface area contributed by atoms with Crippen molar-refractivity contribution >= 4 is 33.3 Å². The number of esters is 1. The fraction of sp³-hybridized carbons (Fsp3) is 0.235. The molecule has 0 aliphatic heterocycles. The predicted molar refractivity (Wildman–Crippen MR) is 95.6 cm³/mol. The number of para-hydroxylation sites is 1. The Morgan fingerprint density at radius 2 is 1.92 bits per heavy atom. The number of rotatable bonds is 7. The summed E-state index contributed by atoms with van der Waals surface area (Å²) in [5.41, 5.74) is -0.271. The number of sulfonamides is 1.